The maximum Gasteiger partial charge on any atom is 0.416 e. The largest absolute Gasteiger partial charge is 0.416 e. The summed E-state index contributed by atoms with van der Waals surface area (Å²) in [4.78, 5) is 23.6. The highest BCUT2D eigenvalue weighted by molar-refractivity contribution is 7.89. The van der Waals surface area contributed by atoms with Crippen molar-refractivity contribution in [3.8, 4) is 0 Å². The number of anilines is 1. The molecule has 0 fully saturated rings. The van der Waals surface area contributed by atoms with Crippen molar-refractivity contribution in [3.05, 3.63) is 95.1 Å². The molecule has 2 N–H and O–H groups in total. The van der Waals surface area contributed by atoms with Crippen LogP contribution in [0.4, 0.5) is 18.9 Å². The van der Waals surface area contributed by atoms with Gasteiger partial charge in [-0.3, -0.25) is 9.59 Å². The van der Waals surface area contributed by atoms with E-state index in [0.717, 1.165) is 24.3 Å². The van der Waals surface area contributed by atoms with Crippen LogP contribution in [0.2, 0.25) is 0 Å². The van der Waals surface area contributed by atoms with Crippen LogP contribution in [0.5, 0.6) is 0 Å². The van der Waals surface area contributed by atoms with Gasteiger partial charge in [-0.1, -0.05) is 24.3 Å². The topological polar surface area (TPSA) is 92.3 Å². The van der Waals surface area contributed by atoms with Crippen LogP contribution in [0, 0.1) is 0 Å². The quantitative estimate of drug-likeness (QED) is 0.486. The van der Waals surface area contributed by atoms with Crippen molar-refractivity contribution in [2.24, 2.45) is 0 Å². The average Bonchev–Trinajstić information content (AvgIpc) is 2.78. The minimum absolute atomic E-state index is 0.0139. The summed E-state index contributed by atoms with van der Waals surface area (Å²) in [7, 11) is -3.80. The molecule has 0 atom stereocenters. The van der Waals surface area contributed by atoms with Gasteiger partial charge in [-0.15, -0.1) is 0 Å². The molecule has 0 radical (unpaired) electrons. The highest BCUT2D eigenvalue weighted by Gasteiger charge is 2.30. The Bertz CT molecular complexity index is 1250. The first kappa shape index (κ1) is 24.1. The van der Waals surface area contributed by atoms with Gasteiger partial charge in [-0.05, 0) is 61.0 Å². The lowest BCUT2D eigenvalue weighted by molar-refractivity contribution is -0.137. The number of amides is 1. The predicted molar refractivity (Wildman–Crippen MR) is 116 cm³/mol. The number of sulfonamides is 1. The van der Waals surface area contributed by atoms with E-state index in [1.54, 1.807) is 12.1 Å². The molecule has 3 aromatic rings. The summed E-state index contributed by atoms with van der Waals surface area (Å²) < 4.78 is 65.1. The predicted octanol–water partition coefficient (Wildman–Crippen LogP) is 4.64. The molecule has 0 aliphatic rings. The molecule has 3 rings (SSSR count). The third-order valence-corrected chi connectivity index (χ3v) is 6.14. The van der Waals surface area contributed by atoms with E-state index in [1.807, 2.05) is 0 Å². The molecule has 0 saturated carbocycles. The number of hydrogen-bond donors (Lipinski definition) is 2. The minimum atomic E-state index is -4.46. The van der Waals surface area contributed by atoms with Gasteiger partial charge in [0.2, 0.25) is 10.0 Å². The molecule has 0 aliphatic carbocycles. The molecule has 0 saturated heterocycles. The van der Waals surface area contributed by atoms with E-state index in [4.69, 9.17) is 0 Å². The van der Waals surface area contributed by atoms with E-state index >= 15 is 0 Å². The van der Waals surface area contributed by atoms with Crippen molar-refractivity contribution >= 4 is 27.4 Å². The van der Waals surface area contributed by atoms with Crippen LogP contribution in [0.3, 0.4) is 0 Å². The summed E-state index contributed by atoms with van der Waals surface area (Å²) in [5.74, 6) is -0.693. The van der Waals surface area contributed by atoms with Crippen LogP contribution in [0.1, 0.15) is 38.8 Å². The SMILES string of the molecule is CC(=O)c1ccc(S(=O)(=O)NCc2ccc(C(=O)Nc3ccc(C(F)(F)F)cc3)cc2)cc1. The highest BCUT2D eigenvalue weighted by atomic mass is 32.2. The van der Waals surface area contributed by atoms with Crippen molar-refractivity contribution in [2.75, 3.05) is 5.32 Å². The Labute approximate surface area is 188 Å². The fraction of sp³-hybridized carbons (Fsp3) is 0.130. The van der Waals surface area contributed by atoms with E-state index < -0.39 is 27.7 Å². The molecule has 0 spiro atoms. The molecule has 0 heterocycles. The molecule has 3 aromatic carbocycles. The van der Waals surface area contributed by atoms with Crippen molar-refractivity contribution in [1.82, 2.24) is 4.72 Å². The second-order valence-electron chi connectivity index (χ2n) is 7.13. The molecule has 0 bridgehead atoms. The average molecular weight is 476 g/mol. The number of carbonyl (C=O) groups excluding carboxylic acids is 2. The summed E-state index contributed by atoms with van der Waals surface area (Å²) in [6.45, 7) is 1.35. The van der Waals surface area contributed by atoms with E-state index in [-0.39, 0.29) is 28.5 Å². The number of alkyl halides is 3. The number of halogens is 3. The van der Waals surface area contributed by atoms with E-state index in [2.05, 4.69) is 10.0 Å². The summed E-state index contributed by atoms with van der Waals surface area (Å²) in [5, 5.41) is 2.50. The van der Waals surface area contributed by atoms with E-state index in [9.17, 15) is 31.2 Å². The molecule has 0 aromatic heterocycles. The fourth-order valence-corrected chi connectivity index (χ4v) is 3.87. The number of nitrogens with one attached hydrogen (secondary N) is 2. The summed E-state index contributed by atoms with van der Waals surface area (Å²) in [6, 6.07) is 15.7. The van der Waals surface area contributed by atoms with Crippen molar-refractivity contribution in [2.45, 2.75) is 24.5 Å². The van der Waals surface area contributed by atoms with Gasteiger partial charge < -0.3 is 5.32 Å². The summed E-state index contributed by atoms with van der Waals surface area (Å²) in [6.07, 6.45) is -4.46. The first-order valence-corrected chi connectivity index (χ1v) is 11.1. The first-order valence-electron chi connectivity index (χ1n) is 9.64. The van der Waals surface area contributed by atoms with Crippen LogP contribution in [0.15, 0.2) is 77.7 Å². The van der Waals surface area contributed by atoms with Gasteiger partial charge in [0.15, 0.2) is 5.78 Å². The molecule has 0 unspecified atom stereocenters. The van der Waals surface area contributed by atoms with Crippen LogP contribution in [-0.4, -0.2) is 20.1 Å². The van der Waals surface area contributed by atoms with Crippen molar-refractivity contribution < 1.29 is 31.2 Å². The molecule has 10 heteroatoms. The number of ketones is 1. The molecule has 6 nitrogen and oxygen atoms in total. The third-order valence-electron chi connectivity index (χ3n) is 4.72. The van der Waals surface area contributed by atoms with Gasteiger partial charge in [-0.25, -0.2) is 13.1 Å². The van der Waals surface area contributed by atoms with Gasteiger partial charge in [0.1, 0.15) is 0 Å². The Morgan fingerprint density at radius 1 is 0.818 bits per heavy atom. The summed E-state index contributed by atoms with van der Waals surface area (Å²) in [5.41, 5.74) is 0.633. The zero-order valence-electron chi connectivity index (χ0n) is 17.3. The molecule has 172 valence electrons. The van der Waals surface area contributed by atoms with Crippen LogP contribution in [-0.2, 0) is 22.7 Å². The second-order valence-corrected chi connectivity index (χ2v) is 8.90. The maximum absolute atomic E-state index is 12.6. The number of rotatable bonds is 7. The normalized spacial score (nSPS) is 11.8. The van der Waals surface area contributed by atoms with Crippen molar-refractivity contribution in [1.29, 1.82) is 0 Å². The maximum atomic E-state index is 12.6. The summed E-state index contributed by atoms with van der Waals surface area (Å²) >= 11 is 0. The third kappa shape index (κ3) is 6.27. The first-order chi connectivity index (χ1) is 15.5. The van der Waals surface area contributed by atoms with Crippen LogP contribution in [0.25, 0.3) is 0 Å². The van der Waals surface area contributed by atoms with Gasteiger partial charge in [0, 0.05) is 23.4 Å². The van der Waals surface area contributed by atoms with Gasteiger partial charge >= 0.3 is 6.18 Å². The highest BCUT2D eigenvalue weighted by Crippen LogP contribution is 2.29. The molecule has 1 amide bonds. The monoisotopic (exact) mass is 476 g/mol. The Hall–Kier alpha value is -3.50. The number of benzene rings is 3. The number of Topliss-reactive ketones (excluding diaryl/α,β-unsaturated/α-hetero) is 1. The van der Waals surface area contributed by atoms with Crippen LogP contribution >= 0.6 is 0 Å². The van der Waals surface area contributed by atoms with Gasteiger partial charge in [0.05, 0.1) is 10.5 Å². The molecular formula is C23H19F3N2O4S. The lowest BCUT2D eigenvalue weighted by Gasteiger charge is -2.10. The lowest BCUT2D eigenvalue weighted by Crippen LogP contribution is -2.23. The van der Waals surface area contributed by atoms with Crippen LogP contribution < -0.4 is 10.0 Å². The standard InChI is InChI=1S/C23H19F3N2O4S/c1-15(29)17-6-12-21(13-7-17)33(31,32)27-14-16-2-4-18(5-3-16)22(30)28-20-10-8-19(9-11-20)23(24,25)26/h2-13,27H,14H2,1H3,(H,28,30). The van der Waals surface area contributed by atoms with Gasteiger partial charge in [0.25, 0.3) is 5.91 Å². The zero-order chi connectivity index (χ0) is 24.2. The lowest BCUT2D eigenvalue weighted by atomic mass is 10.1. The molecular weight excluding hydrogens is 457 g/mol. The van der Waals surface area contributed by atoms with E-state index in [1.165, 1.54) is 43.3 Å². The molecule has 0 aliphatic heterocycles. The smallest absolute Gasteiger partial charge is 0.322 e. The minimum Gasteiger partial charge on any atom is -0.322 e. The molecule has 33 heavy (non-hydrogen) atoms. The Morgan fingerprint density at radius 2 is 1.36 bits per heavy atom. The Kier molecular flexibility index (Phi) is 6.99. The van der Waals surface area contributed by atoms with Crippen molar-refractivity contribution in [3.63, 3.8) is 0 Å². The second kappa shape index (κ2) is 9.55. The Morgan fingerprint density at radius 3 is 1.88 bits per heavy atom. The Balaban J connectivity index is 1.60. The zero-order valence-corrected chi connectivity index (χ0v) is 18.1. The number of hydrogen-bond acceptors (Lipinski definition) is 4. The fourth-order valence-electron chi connectivity index (χ4n) is 2.85. The van der Waals surface area contributed by atoms with E-state index in [0.29, 0.717) is 11.1 Å². The number of carbonyl (C=O) groups is 2. The van der Waals surface area contributed by atoms with Gasteiger partial charge in [-0.2, -0.15) is 13.2 Å².